The molecule has 0 N–H and O–H groups in total. The maximum Gasteiger partial charge on any atom is 0.230 e. The van der Waals surface area contributed by atoms with Crippen LogP contribution in [0.5, 0.6) is 11.5 Å². The molecule has 218 valence electrons. The maximum absolute atomic E-state index is 6.20. The van der Waals surface area contributed by atoms with Crippen molar-refractivity contribution in [3.05, 3.63) is 146 Å². The number of hydrogen-bond donors (Lipinski definition) is 0. The van der Waals surface area contributed by atoms with E-state index in [-0.39, 0.29) is 6.79 Å². The third-order valence-corrected chi connectivity index (χ3v) is 8.65. The summed E-state index contributed by atoms with van der Waals surface area (Å²) in [6.45, 7) is 0.144. The van der Waals surface area contributed by atoms with E-state index in [2.05, 4.69) is 88.8 Å². The van der Waals surface area contributed by atoms with Crippen LogP contribution in [0.15, 0.2) is 151 Å². The largest absolute Gasteiger partial charge is 0.457 e. The van der Waals surface area contributed by atoms with E-state index in [9.17, 15) is 0 Å². The Morgan fingerprint density at radius 3 is 1.59 bits per heavy atom. The molecule has 0 spiro atoms. The van der Waals surface area contributed by atoms with Crippen LogP contribution >= 0.6 is 0 Å². The van der Waals surface area contributed by atoms with Gasteiger partial charge in [0.25, 0.3) is 0 Å². The van der Waals surface area contributed by atoms with Crippen molar-refractivity contribution in [2.75, 3.05) is 6.79 Å². The second-order valence-electron chi connectivity index (χ2n) is 11.4. The Morgan fingerprint density at radius 1 is 0.413 bits per heavy atom. The number of pyridine rings is 2. The van der Waals surface area contributed by atoms with E-state index in [0.717, 1.165) is 89.1 Å². The van der Waals surface area contributed by atoms with Crippen molar-refractivity contribution >= 4 is 21.9 Å². The number of para-hydroxylation sites is 1. The van der Waals surface area contributed by atoms with E-state index in [0.29, 0.717) is 0 Å². The quantitative estimate of drug-likeness (QED) is 0.203. The number of ether oxygens (including phenoxy) is 2. The number of nitrogens with zero attached hydrogens (tertiary/aromatic N) is 2. The predicted octanol–water partition coefficient (Wildman–Crippen LogP) is 10.4. The Labute approximate surface area is 265 Å². The van der Waals surface area contributed by atoms with Crippen LogP contribution < -0.4 is 9.47 Å². The Balaban J connectivity index is 1.17. The van der Waals surface area contributed by atoms with Crippen LogP contribution in [0.3, 0.4) is 0 Å². The lowest BCUT2D eigenvalue weighted by Gasteiger charge is -2.14. The molecule has 4 heterocycles. The molecule has 0 bridgehead atoms. The minimum atomic E-state index is 0.144. The third kappa shape index (κ3) is 4.57. The Kier molecular flexibility index (Phi) is 6.13. The zero-order chi connectivity index (χ0) is 30.5. The Bertz CT molecular complexity index is 2340. The number of benzene rings is 5. The normalized spacial score (nSPS) is 12.2. The predicted molar refractivity (Wildman–Crippen MR) is 183 cm³/mol. The summed E-state index contributed by atoms with van der Waals surface area (Å²) in [5.74, 6) is 1.56. The lowest BCUT2D eigenvalue weighted by Crippen LogP contribution is -2.03. The zero-order valence-electron chi connectivity index (χ0n) is 24.7. The molecule has 0 radical (unpaired) electrons. The summed E-state index contributed by atoms with van der Waals surface area (Å²) in [7, 11) is 0. The van der Waals surface area contributed by atoms with Crippen molar-refractivity contribution in [1.82, 2.24) is 9.97 Å². The molecule has 46 heavy (non-hydrogen) atoms. The van der Waals surface area contributed by atoms with Gasteiger partial charge >= 0.3 is 0 Å². The summed E-state index contributed by atoms with van der Waals surface area (Å²) < 4.78 is 18.4. The van der Waals surface area contributed by atoms with Crippen molar-refractivity contribution in [2.45, 2.75) is 0 Å². The van der Waals surface area contributed by atoms with Gasteiger partial charge in [-0.2, -0.15) is 0 Å². The monoisotopic (exact) mass is 594 g/mol. The van der Waals surface area contributed by atoms with Crippen molar-refractivity contribution in [1.29, 1.82) is 0 Å². The van der Waals surface area contributed by atoms with Crippen molar-refractivity contribution < 1.29 is 13.9 Å². The van der Waals surface area contributed by atoms with Gasteiger partial charge in [-0.3, -0.25) is 9.97 Å². The van der Waals surface area contributed by atoms with E-state index in [1.807, 2.05) is 54.9 Å². The van der Waals surface area contributed by atoms with Crippen LogP contribution in [0.4, 0.5) is 0 Å². The lowest BCUT2D eigenvalue weighted by atomic mass is 9.91. The van der Waals surface area contributed by atoms with Gasteiger partial charge in [-0.25, -0.2) is 0 Å². The molecule has 0 saturated heterocycles. The van der Waals surface area contributed by atoms with E-state index >= 15 is 0 Å². The fourth-order valence-corrected chi connectivity index (χ4v) is 6.35. The minimum absolute atomic E-state index is 0.144. The summed E-state index contributed by atoms with van der Waals surface area (Å²) in [5.41, 5.74) is 12.3. The van der Waals surface area contributed by atoms with Crippen LogP contribution in [0.25, 0.3) is 77.6 Å². The van der Waals surface area contributed by atoms with Gasteiger partial charge in [0, 0.05) is 57.8 Å². The molecule has 0 atom stereocenters. The fraction of sp³-hybridized carbons (Fsp3) is 0.0244. The molecule has 0 saturated carbocycles. The number of aromatic nitrogens is 2. The first-order valence-corrected chi connectivity index (χ1v) is 15.2. The van der Waals surface area contributed by atoms with Crippen LogP contribution in [0, 0.1) is 0 Å². The fourth-order valence-electron chi connectivity index (χ4n) is 6.35. The molecule has 0 aliphatic carbocycles. The Morgan fingerprint density at radius 2 is 0.957 bits per heavy atom. The van der Waals surface area contributed by atoms with Gasteiger partial charge in [-0.1, -0.05) is 48.5 Å². The average Bonchev–Trinajstić information content (AvgIpc) is 3.40. The van der Waals surface area contributed by atoms with Gasteiger partial charge in [-0.05, 0) is 106 Å². The first-order chi connectivity index (χ1) is 22.8. The van der Waals surface area contributed by atoms with Gasteiger partial charge in [0.1, 0.15) is 22.7 Å². The van der Waals surface area contributed by atoms with Crippen molar-refractivity contribution in [3.63, 3.8) is 0 Å². The first-order valence-electron chi connectivity index (χ1n) is 15.2. The highest BCUT2D eigenvalue weighted by Gasteiger charge is 2.20. The van der Waals surface area contributed by atoms with Crippen LogP contribution in [-0.4, -0.2) is 16.8 Å². The molecular weight excluding hydrogens is 568 g/mol. The molecule has 0 amide bonds. The average molecular weight is 595 g/mol. The molecule has 5 nitrogen and oxygen atoms in total. The van der Waals surface area contributed by atoms with Gasteiger partial charge < -0.3 is 13.9 Å². The summed E-state index contributed by atoms with van der Waals surface area (Å²) >= 11 is 0. The second kappa shape index (κ2) is 10.8. The van der Waals surface area contributed by atoms with Crippen LogP contribution in [-0.2, 0) is 0 Å². The minimum Gasteiger partial charge on any atom is -0.457 e. The highest BCUT2D eigenvalue weighted by Crippen LogP contribution is 2.44. The summed E-state index contributed by atoms with van der Waals surface area (Å²) in [5, 5.41) is 2.23. The van der Waals surface area contributed by atoms with E-state index in [4.69, 9.17) is 13.9 Å². The molecule has 0 fully saturated rings. The molecule has 1 aliphatic heterocycles. The third-order valence-electron chi connectivity index (χ3n) is 8.65. The number of fused-ring (bicyclic) bond motifs is 6. The van der Waals surface area contributed by atoms with Crippen molar-refractivity contribution in [2.24, 2.45) is 0 Å². The van der Waals surface area contributed by atoms with E-state index in [1.54, 1.807) is 12.4 Å². The number of rotatable bonds is 4. The summed E-state index contributed by atoms with van der Waals surface area (Å²) in [6.07, 6.45) is 7.39. The lowest BCUT2D eigenvalue weighted by molar-refractivity contribution is 0.125. The smallest absolute Gasteiger partial charge is 0.230 e. The number of furan rings is 1. The molecular formula is C41H26N2O3. The van der Waals surface area contributed by atoms with Gasteiger partial charge in [0.2, 0.25) is 6.79 Å². The van der Waals surface area contributed by atoms with E-state index < -0.39 is 0 Å². The standard InChI is InChI=1S/C41H26N2O3/c1-2-8-40-34(7-1)35-12-9-28(22-41(35)46-40)26-10-13-38-36(20-26)37-21-27(11-14-39(37)45-25-44-38)31-17-32(29-5-3-15-42-23-29)19-33(18-31)30-6-4-16-43-24-30/h1-24H,25H2. The summed E-state index contributed by atoms with van der Waals surface area (Å²) in [6, 6.07) is 41.9. The molecule has 8 aromatic rings. The second-order valence-corrected chi connectivity index (χ2v) is 11.4. The molecule has 0 unspecified atom stereocenters. The maximum atomic E-state index is 6.20. The molecule has 9 rings (SSSR count). The SMILES string of the molecule is c1cncc(-c2cc(-c3cccnc3)cc(-c3ccc4c(c3)-c3cc(-c5ccc6c(c5)oc5ccccc56)ccc3OCO4)c2)c1. The van der Waals surface area contributed by atoms with Gasteiger partial charge in [-0.15, -0.1) is 0 Å². The highest BCUT2D eigenvalue weighted by atomic mass is 16.7. The molecule has 5 aromatic carbocycles. The topological polar surface area (TPSA) is 57.4 Å². The summed E-state index contributed by atoms with van der Waals surface area (Å²) in [4.78, 5) is 8.74. The molecule has 1 aliphatic rings. The van der Waals surface area contributed by atoms with Crippen LogP contribution in [0.2, 0.25) is 0 Å². The number of hydrogen-bond acceptors (Lipinski definition) is 5. The Hall–Kier alpha value is -6.20. The highest BCUT2D eigenvalue weighted by molar-refractivity contribution is 6.06. The molecule has 5 heteroatoms. The zero-order valence-corrected chi connectivity index (χ0v) is 24.7. The van der Waals surface area contributed by atoms with Gasteiger partial charge in [0.05, 0.1) is 0 Å². The van der Waals surface area contributed by atoms with Gasteiger partial charge in [0.15, 0.2) is 0 Å². The molecule has 3 aromatic heterocycles. The van der Waals surface area contributed by atoms with Crippen LogP contribution in [0.1, 0.15) is 0 Å². The van der Waals surface area contributed by atoms with Crippen molar-refractivity contribution in [3.8, 4) is 67.1 Å². The first kappa shape index (κ1) is 26.2. The van der Waals surface area contributed by atoms with E-state index in [1.165, 1.54) is 0 Å².